The molecular formula is C13H15N3O3. The molecule has 2 amide bonds. The Morgan fingerprint density at radius 1 is 1.47 bits per heavy atom. The minimum Gasteiger partial charge on any atom is -0.465 e. The minimum atomic E-state index is -1.15. The Hall–Kier alpha value is -2.11. The number of likely N-dealkylation sites (tertiary alicyclic amines) is 1. The summed E-state index contributed by atoms with van der Waals surface area (Å²) < 4.78 is 0. The summed E-state index contributed by atoms with van der Waals surface area (Å²) in [7, 11) is 0. The molecular weight excluding hydrogens is 246 g/mol. The third kappa shape index (κ3) is 2.03. The molecule has 1 spiro atoms. The van der Waals surface area contributed by atoms with Gasteiger partial charge in [0.2, 0.25) is 5.91 Å². The van der Waals surface area contributed by atoms with E-state index in [2.05, 4.69) is 10.3 Å². The lowest BCUT2D eigenvalue weighted by atomic mass is 9.72. The van der Waals surface area contributed by atoms with Crippen molar-refractivity contribution in [3.8, 4) is 0 Å². The number of nitrogens with zero attached hydrogens (tertiary/aromatic N) is 2. The van der Waals surface area contributed by atoms with Crippen molar-refractivity contribution >= 4 is 17.8 Å². The fourth-order valence-electron chi connectivity index (χ4n) is 2.96. The van der Waals surface area contributed by atoms with Gasteiger partial charge in [0.25, 0.3) is 0 Å². The molecule has 0 bridgehead atoms. The number of carbonyl (C=O) groups is 2. The summed E-state index contributed by atoms with van der Waals surface area (Å²) in [4.78, 5) is 28.0. The summed E-state index contributed by atoms with van der Waals surface area (Å²) in [6, 6.07) is 3.89. The van der Waals surface area contributed by atoms with Crippen LogP contribution in [-0.2, 0) is 11.2 Å². The summed E-state index contributed by atoms with van der Waals surface area (Å²) in [5.74, 6) is 0.578. The molecule has 6 heteroatoms. The molecule has 0 radical (unpaired) electrons. The summed E-state index contributed by atoms with van der Waals surface area (Å²) >= 11 is 0. The van der Waals surface area contributed by atoms with E-state index in [1.54, 1.807) is 6.20 Å². The van der Waals surface area contributed by atoms with E-state index in [-0.39, 0.29) is 24.3 Å². The number of hydrogen-bond acceptors (Lipinski definition) is 4. The van der Waals surface area contributed by atoms with Gasteiger partial charge >= 0.3 is 6.09 Å². The smallest absolute Gasteiger partial charge is 0.414 e. The number of hydrogen-bond donors (Lipinski definition) is 2. The number of aromatic nitrogens is 1. The maximum atomic E-state index is 11.9. The highest BCUT2D eigenvalue weighted by molar-refractivity contribution is 5.92. The Kier molecular flexibility index (Phi) is 2.66. The van der Waals surface area contributed by atoms with Crippen LogP contribution in [0.25, 0.3) is 0 Å². The summed E-state index contributed by atoms with van der Waals surface area (Å²) in [6.07, 6.45) is 2.35. The van der Waals surface area contributed by atoms with Crippen LogP contribution < -0.4 is 5.32 Å². The number of carboxylic acid groups (broad SMARTS) is 1. The topological polar surface area (TPSA) is 82.5 Å². The zero-order valence-electron chi connectivity index (χ0n) is 10.4. The van der Waals surface area contributed by atoms with Gasteiger partial charge in [-0.3, -0.25) is 4.79 Å². The van der Waals surface area contributed by atoms with Gasteiger partial charge in [-0.15, -0.1) is 0 Å². The zero-order valence-corrected chi connectivity index (χ0v) is 10.4. The fourth-order valence-corrected chi connectivity index (χ4v) is 2.96. The largest absolute Gasteiger partial charge is 0.465 e. The molecule has 1 aromatic heterocycles. The highest BCUT2D eigenvalue weighted by atomic mass is 16.4. The number of nitrogens with one attached hydrogen (secondary N) is 1. The van der Waals surface area contributed by atoms with Crippen molar-refractivity contribution < 1.29 is 14.7 Å². The highest BCUT2D eigenvalue weighted by Gasteiger charge is 2.43. The maximum Gasteiger partial charge on any atom is 0.414 e. The molecule has 1 unspecified atom stereocenters. The molecule has 1 fully saturated rings. The Balaban J connectivity index is 1.81. The van der Waals surface area contributed by atoms with Crippen LogP contribution >= 0.6 is 0 Å². The normalized spacial score (nSPS) is 25.9. The van der Waals surface area contributed by atoms with Crippen molar-refractivity contribution in [1.82, 2.24) is 9.88 Å². The van der Waals surface area contributed by atoms with Gasteiger partial charge in [0.1, 0.15) is 5.82 Å². The Morgan fingerprint density at radius 3 is 3.05 bits per heavy atom. The van der Waals surface area contributed by atoms with Gasteiger partial charge < -0.3 is 10.4 Å². The van der Waals surface area contributed by atoms with Crippen LogP contribution in [-0.4, -0.2) is 40.1 Å². The van der Waals surface area contributed by atoms with Crippen molar-refractivity contribution in [2.24, 2.45) is 5.41 Å². The zero-order chi connectivity index (χ0) is 13.5. The number of imide groups is 1. The van der Waals surface area contributed by atoms with E-state index in [1.165, 1.54) is 0 Å². The molecule has 3 heterocycles. The Labute approximate surface area is 110 Å². The molecule has 2 aliphatic rings. The van der Waals surface area contributed by atoms with E-state index < -0.39 is 6.09 Å². The van der Waals surface area contributed by atoms with Gasteiger partial charge in [-0.05, 0) is 24.5 Å². The lowest BCUT2D eigenvalue weighted by Crippen LogP contribution is -2.50. The van der Waals surface area contributed by atoms with Gasteiger partial charge in [0.05, 0.1) is 0 Å². The van der Waals surface area contributed by atoms with Crippen molar-refractivity contribution in [2.45, 2.75) is 19.3 Å². The molecule has 2 N–H and O–H groups in total. The second-order valence-electron chi connectivity index (χ2n) is 5.30. The molecule has 1 atom stereocenters. The lowest BCUT2D eigenvalue weighted by molar-refractivity contribution is -0.135. The van der Waals surface area contributed by atoms with Crippen LogP contribution in [0.2, 0.25) is 0 Å². The quantitative estimate of drug-likeness (QED) is 0.736. The van der Waals surface area contributed by atoms with Gasteiger partial charge in [-0.2, -0.15) is 0 Å². The van der Waals surface area contributed by atoms with E-state index in [0.29, 0.717) is 13.0 Å². The monoisotopic (exact) mass is 261 g/mol. The molecule has 0 saturated carbocycles. The number of carbonyl (C=O) groups excluding carboxylic acids is 1. The van der Waals surface area contributed by atoms with E-state index in [4.69, 9.17) is 5.11 Å². The number of pyridine rings is 1. The van der Waals surface area contributed by atoms with Crippen molar-refractivity contribution in [3.05, 3.63) is 23.9 Å². The second kappa shape index (κ2) is 4.22. The first-order valence-electron chi connectivity index (χ1n) is 6.31. The van der Waals surface area contributed by atoms with Crippen molar-refractivity contribution in [2.75, 3.05) is 18.4 Å². The van der Waals surface area contributed by atoms with Gasteiger partial charge in [0, 0.05) is 31.1 Å². The van der Waals surface area contributed by atoms with Crippen LogP contribution in [0.3, 0.4) is 0 Å². The standard InChI is InChI=1S/C13H15N3O3/c17-10-7-13(3-5-16(10)12(18)19)6-9-2-1-4-14-11(9)15-8-13/h1-2,4H,3,5-8H2,(H,14,15)(H,18,19). The van der Waals surface area contributed by atoms with E-state index in [9.17, 15) is 9.59 Å². The second-order valence-corrected chi connectivity index (χ2v) is 5.30. The average molecular weight is 261 g/mol. The molecule has 100 valence electrons. The number of piperidine rings is 1. The molecule has 2 aliphatic heterocycles. The van der Waals surface area contributed by atoms with Crippen molar-refractivity contribution in [3.63, 3.8) is 0 Å². The van der Waals surface area contributed by atoms with Gasteiger partial charge in [-0.25, -0.2) is 14.7 Å². The molecule has 3 rings (SSSR count). The number of rotatable bonds is 0. The first kappa shape index (κ1) is 12.0. The van der Waals surface area contributed by atoms with E-state index in [0.717, 1.165) is 22.7 Å². The Bertz CT molecular complexity index is 546. The van der Waals surface area contributed by atoms with Crippen LogP contribution in [0.15, 0.2) is 18.3 Å². The van der Waals surface area contributed by atoms with E-state index in [1.807, 2.05) is 12.1 Å². The number of fused-ring (bicyclic) bond motifs is 1. The SMILES string of the molecule is O=C(O)N1CCC2(CNc3ncccc3C2)CC1=O. The lowest BCUT2D eigenvalue weighted by Gasteiger charge is -2.42. The number of amides is 2. The number of anilines is 1. The maximum absolute atomic E-state index is 11.9. The third-order valence-corrected chi connectivity index (χ3v) is 4.01. The molecule has 0 aromatic carbocycles. The average Bonchev–Trinajstić information content (AvgIpc) is 2.38. The molecule has 19 heavy (non-hydrogen) atoms. The summed E-state index contributed by atoms with van der Waals surface area (Å²) in [5, 5.41) is 12.2. The minimum absolute atomic E-state index is 0.168. The van der Waals surface area contributed by atoms with Crippen LogP contribution in [0.1, 0.15) is 18.4 Å². The van der Waals surface area contributed by atoms with Crippen LogP contribution in [0.5, 0.6) is 0 Å². The van der Waals surface area contributed by atoms with Gasteiger partial charge in [0.15, 0.2) is 0 Å². The molecule has 1 saturated heterocycles. The van der Waals surface area contributed by atoms with Crippen LogP contribution in [0, 0.1) is 5.41 Å². The third-order valence-electron chi connectivity index (χ3n) is 4.01. The highest BCUT2D eigenvalue weighted by Crippen LogP contribution is 2.40. The predicted octanol–water partition coefficient (Wildman–Crippen LogP) is 1.34. The summed E-state index contributed by atoms with van der Waals surface area (Å²) in [5.41, 5.74) is 0.935. The molecule has 0 aliphatic carbocycles. The van der Waals surface area contributed by atoms with Crippen molar-refractivity contribution in [1.29, 1.82) is 0 Å². The predicted molar refractivity (Wildman–Crippen MR) is 67.8 cm³/mol. The van der Waals surface area contributed by atoms with Crippen LogP contribution in [0.4, 0.5) is 10.6 Å². The van der Waals surface area contributed by atoms with Gasteiger partial charge in [-0.1, -0.05) is 6.07 Å². The first-order chi connectivity index (χ1) is 9.10. The Morgan fingerprint density at radius 2 is 2.32 bits per heavy atom. The first-order valence-corrected chi connectivity index (χ1v) is 6.31. The molecule has 6 nitrogen and oxygen atoms in total. The summed E-state index contributed by atoms with van der Waals surface area (Å²) in [6.45, 7) is 0.960. The molecule has 1 aromatic rings. The fraction of sp³-hybridized carbons (Fsp3) is 0.462. The van der Waals surface area contributed by atoms with E-state index >= 15 is 0 Å².